The second-order valence-electron chi connectivity index (χ2n) is 11.7. The first-order valence-corrected chi connectivity index (χ1v) is 15.5. The standard InChI is InChI=1S/C43H27N3/c1-3-14-37-28(8-1)16-18-39-41(40-19-17-29-9-2-4-15-38(29)43(40)46-42(37)39)31-11-5-10-30(22-31)34-23-35(32-12-6-20-44-26-32)25-36(24-34)33-13-7-21-45-27-33/h1-27H. The molecule has 3 aromatic heterocycles. The summed E-state index contributed by atoms with van der Waals surface area (Å²) in [6.07, 6.45) is 7.47. The molecule has 0 aliphatic heterocycles. The van der Waals surface area contributed by atoms with Crippen LogP contribution in [-0.4, -0.2) is 15.0 Å². The summed E-state index contributed by atoms with van der Waals surface area (Å²) < 4.78 is 0. The number of nitrogens with zero attached hydrogens (tertiary/aromatic N) is 3. The van der Waals surface area contributed by atoms with Crippen LogP contribution >= 0.6 is 0 Å². The summed E-state index contributed by atoms with van der Waals surface area (Å²) in [5.41, 5.74) is 11.1. The lowest BCUT2D eigenvalue weighted by molar-refractivity contribution is 1.32. The minimum atomic E-state index is 1.03. The molecule has 9 rings (SSSR count). The lowest BCUT2D eigenvalue weighted by atomic mass is 9.90. The Kier molecular flexibility index (Phi) is 6.14. The minimum absolute atomic E-state index is 1.03. The van der Waals surface area contributed by atoms with E-state index in [2.05, 4.69) is 137 Å². The molecular weight excluding hydrogens is 558 g/mol. The number of hydrogen-bond donors (Lipinski definition) is 0. The summed E-state index contributed by atoms with van der Waals surface area (Å²) in [5.74, 6) is 0. The van der Waals surface area contributed by atoms with Crippen LogP contribution in [0, 0.1) is 0 Å². The van der Waals surface area contributed by atoms with Gasteiger partial charge in [0.2, 0.25) is 0 Å². The monoisotopic (exact) mass is 585 g/mol. The molecule has 9 aromatic rings. The molecule has 0 saturated heterocycles. The van der Waals surface area contributed by atoms with Crippen LogP contribution < -0.4 is 0 Å². The van der Waals surface area contributed by atoms with E-state index < -0.39 is 0 Å². The zero-order chi connectivity index (χ0) is 30.5. The summed E-state index contributed by atoms with van der Waals surface area (Å²) in [6, 6.07) is 49.9. The normalized spacial score (nSPS) is 11.5. The molecule has 0 N–H and O–H groups in total. The van der Waals surface area contributed by atoms with E-state index in [1.807, 2.05) is 36.9 Å². The number of rotatable bonds is 4. The first-order chi connectivity index (χ1) is 22.8. The molecular formula is C43H27N3. The Hall–Kier alpha value is -6.19. The van der Waals surface area contributed by atoms with E-state index in [4.69, 9.17) is 4.98 Å². The van der Waals surface area contributed by atoms with Crippen LogP contribution in [-0.2, 0) is 0 Å². The fourth-order valence-corrected chi connectivity index (χ4v) is 6.77. The van der Waals surface area contributed by atoms with Gasteiger partial charge in [-0.1, -0.05) is 103 Å². The number of hydrogen-bond acceptors (Lipinski definition) is 3. The maximum Gasteiger partial charge on any atom is 0.0794 e. The largest absolute Gasteiger partial charge is 0.264 e. The fraction of sp³-hybridized carbons (Fsp3) is 0. The highest BCUT2D eigenvalue weighted by molar-refractivity contribution is 6.21. The van der Waals surface area contributed by atoms with Crippen molar-refractivity contribution in [3.05, 3.63) is 164 Å². The van der Waals surface area contributed by atoms with Gasteiger partial charge >= 0.3 is 0 Å². The van der Waals surface area contributed by atoms with Crippen LogP contribution in [0.4, 0.5) is 0 Å². The summed E-state index contributed by atoms with van der Waals surface area (Å²) in [5, 5.41) is 7.02. The van der Waals surface area contributed by atoms with Crippen molar-refractivity contribution >= 4 is 43.4 Å². The van der Waals surface area contributed by atoms with Gasteiger partial charge in [-0.15, -0.1) is 0 Å². The second-order valence-corrected chi connectivity index (χ2v) is 11.7. The Bertz CT molecular complexity index is 2420. The summed E-state index contributed by atoms with van der Waals surface area (Å²) in [6.45, 7) is 0. The van der Waals surface area contributed by atoms with Crippen LogP contribution in [0.5, 0.6) is 0 Å². The lowest BCUT2D eigenvalue weighted by Crippen LogP contribution is -1.92. The van der Waals surface area contributed by atoms with Crippen molar-refractivity contribution in [3.8, 4) is 44.5 Å². The van der Waals surface area contributed by atoms with Crippen LogP contribution in [0.1, 0.15) is 0 Å². The molecule has 0 aliphatic carbocycles. The second kappa shape index (κ2) is 10.8. The van der Waals surface area contributed by atoms with Gasteiger partial charge < -0.3 is 0 Å². The zero-order valence-corrected chi connectivity index (χ0v) is 24.9. The van der Waals surface area contributed by atoms with Gasteiger partial charge in [0.25, 0.3) is 0 Å². The third-order valence-corrected chi connectivity index (χ3v) is 8.97. The quantitative estimate of drug-likeness (QED) is 0.152. The minimum Gasteiger partial charge on any atom is -0.264 e. The summed E-state index contributed by atoms with van der Waals surface area (Å²) in [7, 11) is 0. The number of aromatic nitrogens is 3. The highest BCUT2D eigenvalue weighted by Gasteiger charge is 2.16. The Morgan fingerprint density at radius 1 is 0.326 bits per heavy atom. The molecule has 0 spiro atoms. The topological polar surface area (TPSA) is 38.7 Å². The highest BCUT2D eigenvalue weighted by atomic mass is 14.7. The molecule has 0 bridgehead atoms. The van der Waals surface area contributed by atoms with Crippen LogP contribution in [0.2, 0.25) is 0 Å². The van der Waals surface area contributed by atoms with Crippen molar-refractivity contribution in [2.45, 2.75) is 0 Å². The molecule has 0 aliphatic rings. The molecule has 46 heavy (non-hydrogen) atoms. The van der Waals surface area contributed by atoms with Crippen molar-refractivity contribution in [2.24, 2.45) is 0 Å². The number of benzene rings is 6. The molecule has 3 heterocycles. The summed E-state index contributed by atoms with van der Waals surface area (Å²) in [4.78, 5) is 14.2. The first-order valence-electron chi connectivity index (χ1n) is 15.5. The van der Waals surface area contributed by atoms with Gasteiger partial charge in [-0.25, -0.2) is 4.98 Å². The summed E-state index contributed by atoms with van der Waals surface area (Å²) >= 11 is 0. The van der Waals surface area contributed by atoms with Crippen LogP contribution in [0.25, 0.3) is 87.9 Å². The average molecular weight is 586 g/mol. The molecule has 0 radical (unpaired) electrons. The Balaban J connectivity index is 1.32. The maximum absolute atomic E-state index is 5.38. The number of fused-ring (bicyclic) bond motifs is 6. The van der Waals surface area contributed by atoms with E-state index >= 15 is 0 Å². The Morgan fingerprint density at radius 3 is 1.35 bits per heavy atom. The molecule has 0 fully saturated rings. The zero-order valence-electron chi connectivity index (χ0n) is 24.9. The van der Waals surface area contributed by atoms with Gasteiger partial charge in [0.15, 0.2) is 0 Å². The van der Waals surface area contributed by atoms with Crippen molar-refractivity contribution in [2.75, 3.05) is 0 Å². The van der Waals surface area contributed by atoms with Gasteiger partial charge in [-0.05, 0) is 75.0 Å². The molecule has 214 valence electrons. The molecule has 0 atom stereocenters. The fourth-order valence-electron chi connectivity index (χ4n) is 6.77. The SMILES string of the molecule is c1cncc(-c2cc(-c3cccnc3)cc(-c3cccc(-c4c5ccc6ccccc6c5nc5c4ccc4ccccc45)c3)c2)c1. The maximum atomic E-state index is 5.38. The van der Waals surface area contributed by atoms with E-state index in [1.165, 1.54) is 16.3 Å². The molecule has 0 unspecified atom stereocenters. The van der Waals surface area contributed by atoms with E-state index in [9.17, 15) is 0 Å². The molecule has 3 nitrogen and oxygen atoms in total. The third-order valence-electron chi connectivity index (χ3n) is 8.97. The predicted molar refractivity (Wildman–Crippen MR) is 192 cm³/mol. The van der Waals surface area contributed by atoms with Crippen LogP contribution in [0.3, 0.4) is 0 Å². The van der Waals surface area contributed by atoms with Gasteiger partial charge in [0.1, 0.15) is 0 Å². The molecule has 6 aromatic carbocycles. The Labute approximate surface area is 266 Å². The van der Waals surface area contributed by atoms with E-state index in [1.54, 1.807) is 0 Å². The van der Waals surface area contributed by atoms with Gasteiger partial charge in [0.05, 0.1) is 11.0 Å². The highest BCUT2D eigenvalue weighted by Crippen LogP contribution is 2.41. The molecule has 0 amide bonds. The molecule has 3 heteroatoms. The molecule has 0 saturated carbocycles. The lowest BCUT2D eigenvalue weighted by Gasteiger charge is -2.16. The third kappa shape index (κ3) is 4.41. The van der Waals surface area contributed by atoms with E-state index in [0.717, 1.165) is 71.5 Å². The van der Waals surface area contributed by atoms with Crippen molar-refractivity contribution in [1.82, 2.24) is 15.0 Å². The van der Waals surface area contributed by atoms with Crippen molar-refractivity contribution < 1.29 is 0 Å². The smallest absolute Gasteiger partial charge is 0.0794 e. The predicted octanol–water partition coefficient (Wildman–Crippen LogP) is 11.2. The first kappa shape index (κ1) is 26.2. The van der Waals surface area contributed by atoms with Gasteiger partial charge in [0, 0.05) is 63.0 Å². The van der Waals surface area contributed by atoms with Gasteiger partial charge in [-0.2, -0.15) is 0 Å². The van der Waals surface area contributed by atoms with Gasteiger partial charge in [-0.3, -0.25) is 9.97 Å². The van der Waals surface area contributed by atoms with Crippen LogP contribution in [0.15, 0.2) is 164 Å². The van der Waals surface area contributed by atoms with Crippen molar-refractivity contribution in [1.29, 1.82) is 0 Å². The van der Waals surface area contributed by atoms with Crippen molar-refractivity contribution in [3.63, 3.8) is 0 Å². The van der Waals surface area contributed by atoms with E-state index in [-0.39, 0.29) is 0 Å². The Morgan fingerprint density at radius 2 is 0.804 bits per heavy atom. The van der Waals surface area contributed by atoms with E-state index in [0.29, 0.717) is 0 Å². The average Bonchev–Trinajstić information content (AvgIpc) is 3.14. The number of pyridine rings is 3.